The van der Waals surface area contributed by atoms with Crippen molar-refractivity contribution in [1.82, 2.24) is 4.98 Å². The van der Waals surface area contributed by atoms with Crippen LogP contribution in [0.25, 0.3) is 0 Å². The molecule has 0 unspecified atom stereocenters. The van der Waals surface area contributed by atoms with Gasteiger partial charge in [-0.2, -0.15) is 0 Å². The van der Waals surface area contributed by atoms with Gasteiger partial charge in [0, 0.05) is 30.7 Å². The van der Waals surface area contributed by atoms with E-state index in [0.29, 0.717) is 0 Å². The predicted octanol–water partition coefficient (Wildman–Crippen LogP) is 3.54. The van der Waals surface area contributed by atoms with E-state index in [1.165, 1.54) is 5.69 Å². The first kappa shape index (κ1) is 13.4. The first-order chi connectivity index (χ1) is 9.33. The lowest BCUT2D eigenvalue weighted by Gasteiger charge is -2.22. The molecule has 0 fully saturated rings. The van der Waals surface area contributed by atoms with Gasteiger partial charge in [0.1, 0.15) is 0 Å². The number of aromatic nitrogens is 1. The highest BCUT2D eigenvalue weighted by Gasteiger charge is 2.06. The maximum atomic E-state index is 4.45. The number of rotatable bonds is 6. The second-order valence-electron chi connectivity index (χ2n) is 4.42. The number of hydrogen-bond acceptors (Lipinski definition) is 3. The van der Waals surface area contributed by atoms with Crippen molar-refractivity contribution in [3.63, 3.8) is 0 Å². The summed E-state index contributed by atoms with van der Waals surface area (Å²) >= 11 is 0. The van der Waals surface area contributed by atoms with Gasteiger partial charge in [-0.25, -0.2) is 0 Å². The second-order valence-corrected chi connectivity index (χ2v) is 4.42. The fourth-order valence-electron chi connectivity index (χ4n) is 2.10. The van der Waals surface area contributed by atoms with Gasteiger partial charge in [-0.3, -0.25) is 4.98 Å². The van der Waals surface area contributed by atoms with Crippen LogP contribution in [0, 0.1) is 0 Å². The zero-order valence-corrected chi connectivity index (χ0v) is 11.6. The minimum Gasteiger partial charge on any atom is -0.385 e. The van der Waals surface area contributed by atoms with Crippen LogP contribution in [0.15, 0.2) is 48.7 Å². The molecule has 3 nitrogen and oxygen atoms in total. The molecule has 0 aliphatic carbocycles. The van der Waals surface area contributed by atoms with Gasteiger partial charge in [0.05, 0.1) is 12.2 Å². The highest BCUT2D eigenvalue weighted by molar-refractivity contribution is 5.48. The number of hydrogen-bond donors (Lipinski definition) is 1. The number of pyridine rings is 1. The normalized spacial score (nSPS) is 10.2. The summed E-state index contributed by atoms with van der Waals surface area (Å²) < 4.78 is 0. The fourth-order valence-corrected chi connectivity index (χ4v) is 2.10. The number of para-hydroxylation sites is 1. The van der Waals surface area contributed by atoms with E-state index in [-0.39, 0.29) is 0 Å². The molecule has 0 radical (unpaired) electrons. The van der Waals surface area contributed by atoms with Crippen molar-refractivity contribution in [3.05, 3.63) is 54.4 Å². The number of benzene rings is 1. The van der Waals surface area contributed by atoms with Crippen molar-refractivity contribution in [2.24, 2.45) is 0 Å². The minimum absolute atomic E-state index is 0.833. The van der Waals surface area contributed by atoms with Crippen LogP contribution in [0.2, 0.25) is 0 Å². The Kier molecular flexibility index (Phi) is 4.78. The second kappa shape index (κ2) is 6.78. The van der Waals surface area contributed by atoms with Crippen LogP contribution in [-0.2, 0) is 6.54 Å². The van der Waals surface area contributed by atoms with Crippen molar-refractivity contribution >= 4 is 11.4 Å². The summed E-state index contributed by atoms with van der Waals surface area (Å²) in [6, 6.07) is 14.6. The summed E-state index contributed by atoms with van der Waals surface area (Å²) in [6.07, 6.45) is 1.87. The Morgan fingerprint density at radius 2 is 1.89 bits per heavy atom. The van der Waals surface area contributed by atoms with Crippen molar-refractivity contribution in [2.45, 2.75) is 20.4 Å². The molecule has 0 aliphatic rings. The summed E-state index contributed by atoms with van der Waals surface area (Å²) in [5, 5.41) is 3.32. The minimum atomic E-state index is 0.833. The third-order valence-corrected chi connectivity index (χ3v) is 3.05. The first-order valence-electron chi connectivity index (χ1n) is 6.82. The fraction of sp³-hybridized carbons (Fsp3) is 0.312. The van der Waals surface area contributed by atoms with E-state index >= 15 is 0 Å². The van der Waals surface area contributed by atoms with Crippen LogP contribution in [0.1, 0.15) is 19.5 Å². The molecule has 2 rings (SSSR count). The Morgan fingerprint density at radius 3 is 2.58 bits per heavy atom. The maximum Gasteiger partial charge on any atom is 0.0617 e. The lowest BCUT2D eigenvalue weighted by Crippen LogP contribution is -2.22. The highest BCUT2D eigenvalue weighted by atomic mass is 15.1. The molecular formula is C16H21N3. The van der Waals surface area contributed by atoms with Crippen LogP contribution < -0.4 is 10.2 Å². The van der Waals surface area contributed by atoms with E-state index in [2.05, 4.69) is 59.4 Å². The van der Waals surface area contributed by atoms with Crippen LogP contribution in [0.5, 0.6) is 0 Å². The van der Waals surface area contributed by atoms with Crippen molar-refractivity contribution < 1.29 is 0 Å². The molecule has 2 aromatic rings. The van der Waals surface area contributed by atoms with E-state index in [1.54, 1.807) is 0 Å². The SMILES string of the molecule is CCNc1ccnc(CN(CC)c2ccccc2)c1. The summed E-state index contributed by atoms with van der Waals surface area (Å²) in [6.45, 7) is 7.00. The zero-order valence-electron chi connectivity index (χ0n) is 11.6. The molecule has 1 N–H and O–H groups in total. The average Bonchev–Trinajstić information content (AvgIpc) is 2.46. The molecule has 0 atom stereocenters. The van der Waals surface area contributed by atoms with Gasteiger partial charge in [0.15, 0.2) is 0 Å². The quantitative estimate of drug-likeness (QED) is 0.855. The monoisotopic (exact) mass is 255 g/mol. The third kappa shape index (κ3) is 3.71. The van der Waals surface area contributed by atoms with E-state index < -0.39 is 0 Å². The molecule has 0 spiro atoms. The molecule has 3 heteroatoms. The summed E-state index contributed by atoms with van der Waals surface area (Å²) in [4.78, 5) is 6.77. The van der Waals surface area contributed by atoms with Crippen molar-refractivity contribution in [3.8, 4) is 0 Å². The third-order valence-electron chi connectivity index (χ3n) is 3.05. The first-order valence-corrected chi connectivity index (χ1v) is 6.82. The van der Waals surface area contributed by atoms with E-state index in [1.807, 2.05) is 18.3 Å². The Morgan fingerprint density at radius 1 is 1.11 bits per heavy atom. The van der Waals surface area contributed by atoms with Gasteiger partial charge >= 0.3 is 0 Å². The van der Waals surface area contributed by atoms with Crippen LogP contribution in [-0.4, -0.2) is 18.1 Å². The average molecular weight is 255 g/mol. The van der Waals surface area contributed by atoms with Gasteiger partial charge in [-0.05, 0) is 38.1 Å². The van der Waals surface area contributed by atoms with Crippen LogP contribution in [0.4, 0.5) is 11.4 Å². The molecule has 0 aliphatic heterocycles. The summed E-state index contributed by atoms with van der Waals surface area (Å²) in [5.74, 6) is 0. The van der Waals surface area contributed by atoms with Crippen molar-refractivity contribution in [2.75, 3.05) is 23.3 Å². The van der Waals surface area contributed by atoms with E-state index in [0.717, 1.165) is 31.0 Å². The smallest absolute Gasteiger partial charge is 0.0617 e. The predicted molar refractivity (Wildman–Crippen MR) is 81.6 cm³/mol. The Bertz CT molecular complexity index is 496. The van der Waals surface area contributed by atoms with Gasteiger partial charge in [0.25, 0.3) is 0 Å². The molecule has 1 aromatic carbocycles. The Labute approximate surface area is 115 Å². The lowest BCUT2D eigenvalue weighted by molar-refractivity contribution is 0.810. The summed E-state index contributed by atoms with van der Waals surface area (Å²) in [5.41, 5.74) is 3.46. The topological polar surface area (TPSA) is 28.2 Å². The largest absolute Gasteiger partial charge is 0.385 e. The molecule has 100 valence electrons. The van der Waals surface area contributed by atoms with Gasteiger partial charge < -0.3 is 10.2 Å². The molecule has 0 saturated carbocycles. The van der Waals surface area contributed by atoms with Gasteiger partial charge in [0.2, 0.25) is 0 Å². The molecule has 19 heavy (non-hydrogen) atoms. The number of anilines is 2. The van der Waals surface area contributed by atoms with E-state index in [9.17, 15) is 0 Å². The molecule has 0 saturated heterocycles. The standard InChI is InChI=1S/C16H21N3/c1-3-17-14-10-11-18-15(12-14)13-19(4-2)16-8-6-5-7-9-16/h5-12H,3-4,13H2,1-2H3,(H,17,18). The lowest BCUT2D eigenvalue weighted by atomic mass is 10.2. The van der Waals surface area contributed by atoms with Crippen LogP contribution in [0.3, 0.4) is 0 Å². The van der Waals surface area contributed by atoms with E-state index in [4.69, 9.17) is 0 Å². The summed E-state index contributed by atoms with van der Waals surface area (Å²) in [7, 11) is 0. The highest BCUT2D eigenvalue weighted by Crippen LogP contribution is 2.17. The Hall–Kier alpha value is -2.03. The van der Waals surface area contributed by atoms with Gasteiger partial charge in [-0.1, -0.05) is 18.2 Å². The molecule has 0 amide bonds. The molecule has 1 aromatic heterocycles. The molecular weight excluding hydrogens is 234 g/mol. The van der Waals surface area contributed by atoms with Gasteiger partial charge in [-0.15, -0.1) is 0 Å². The Balaban J connectivity index is 2.12. The molecule has 1 heterocycles. The zero-order chi connectivity index (χ0) is 13.5. The number of nitrogens with one attached hydrogen (secondary N) is 1. The van der Waals surface area contributed by atoms with Crippen molar-refractivity contribution in [1.29, 1.82) is 0 Å². The molecule has 0 bridgehead atoms. The number of nitrogens with zero attached hydrogens (tertiary/aromatic N) is 2. The maximum absolute atomic E-state index is 4.45. The van der Waals surface area contributed by atoms with Crippen LogP contribution >= 0.6 is 0 Å².